The molecular weight excluding hydrogens is 638 g/mol. The summed E-state index contributed by atoms with van der Waals surface area (Å²) in [6.45, 7) is 13.2. The van der Waals surface area contributed by atoms with Crippen LogP contribution < -0.4 is 16.2 Å². The van der Waals surface area contributed by atoms with Crippen LogP contribution in [0.2, 0.25) is 5.02 Å². The molecule has 47 heavy (non-hydrogen) atoms. The van der Waals surface area contributed by atoms with Crippen molar-refractivity contribution in [3.63, 3.8) is 0 Å². The molecule has 0 radical (unpaired) electrons. The van der Waals surface area contributed by atoms with Crippen molar-refractivity contribution >= 4 is 45.6 Å². The molecular formula is C33H32ClF4N7O2. The second-order valence-corrected chi connectivity index (χ2v) is 12.6. The van der Waals surface area contributed by atoms with E-state index in [0.717, 1.165) is 0 Å². The molecule has 3 aromatic rings. The highest BCUT2D eigenvalue weighted by molar-refractivity contribution is 6.34. The van der Waals surface area contributed by atoms with Crippen molar-refractivity contribution in [2.75, 3.05) is 23.7 Å². The van der Waals surface area contributed by atoms with Gasteiger partial charge in [0.1, 0.15) is 23.0 Å². The number of nitrogens with zero attached hydrogens (tertiary/aromatic N) is 6. The first-order valence-corrected chi connectivity index (χ1v) is 15.3. The number of carbonyl (C=O) groups is 1. The maximum Gasteiger partial charge on any atom is 0.272 e. The number of nitrogen functional groups attached to an aromatic ring is 1. The molecule has 246 valence electrons. The van der Waals surface area contributed by atoms with E-state index < -0.39 is 51.8 Å². The average molecular weight is 670 g/mol. The van der Waals surface area contributed by atoms with Gasteiger partial charge in [-0.15, -0.1) is 0 Å². The molecule has 0 aliphatic carbocycles. The van der Waals surface area contributed by atoms with E-state index in [-0.39, 0.29) is 70.2 Å². The minimum Gasteiger partial charge on any atom is -0.394 e. The number of pyridine rings is 2. The van der Waals surface area contributed by atoms with Crippen LogP contribution in [0.5, 0.6) is 0 Å². The van der Waals surface area contributed by atoms with Gasteiger partial charge in [-0.25, -0.2) is 22.5 Å². The molecule has 14 heteroatoms. The summed E-state index contributed by atoms with van der Waals surface area (Å²) in [6.07, 6.45) is 4.59. The summed E-state index contributed by atoms with van der Waals surface area (Å²) in [7, 11) is 0. The monoisotopic (exact) mass is 669 g/mol. The molecule has 5 rings (SSSR count). The van der Waals surface area contributed by atoms with Gasteiger partial charge in [0.25, 0.3) is 5.56 Å². The molecule has 1 aromatic carbocycles. The minimum atomic E-state index is -2.02. The van der Waals surface area contributed by atoms with Gasteiger partial charge in [0.15, 0.2) is 23.3 Å². The average Bonchev–Trinajstić information content (AvgIpc) is 3.02. The number of halogens is 5. The van der Waals surface area contributed by atoms with E-state index in [9.17, 15) is 23.6 Å². The molecule has 0 saturated carbocycles. The molecule has 2 aliphatic heterocycles. The van der Waals surface area contributed by atoms with E-state index in [4.69, 9.17) is 17.3 Å². The number of piperazine rings is 1. The predicted molar refractivity (Wildman–Crippen MR) is 173 cm³/mol. The number of allylic oxidation sites excluding steroid dienone is 1. The number of rotatable bonds is 5. The van der Waals surface area contributed by atoms with Crippen LogP contribution >= 0.6 is 11.6 Å². The summed E-state index contributed by atoms with van der Waals surface area (Å²) in [6, 6.07) is 1.78. The minimum absolute atomic E-state index is 0.129. The van der Waals surface area contributed by atoms with Gasteiger partial charge in [0.05, 0.1) is 28.0 Å². The topological polar surface area (TPSA) is 121 Å². The van der Waals surface area contributed by atoms with Gasteiger partial charge in [-0.2, -0.15) is 5.26 Å². The van der Waals surface area contributed by atoms with Crippen molar-refractivity contribution in [1.82, 2.24) is 14.5 Å². The highest BCUT2D eigenvalue weighted by atomic mass is 35.5. The van der Waals surface area contributed by atoms with E-state index in [1.54, 1.807) is 22.1 Å². The molecule has 4 heterocycles. The van der Waals surface area contributed by atoms with Gasteiger partial charge in [-0.05, 0) is 31.9 Å². The number of aliphatic imine (C=N–C) groups is 1. The fourth-order valence-corrected chi connectivity index (χ4v) is 6.88. The van der Waals surface area contributed by atoms with Crippen molar-refractivity contribution < 1.29 is 22.4 Å². The smallest absolute Gasteiger partial charge is 0.272 e. The number of aromatic nitrogens is 2. The number of nitriles is 1. The van der Waals surface area contributed by atoms with Crippen LogP contribution in [0, 0.1) is 46.4 Å². The lowest BCUT2D eigenvalue weighted by atomic mass is 9.88. The van der Waals surface area contributed by atoms with Gasteiger partial charge < -0.3 is 15.5 Å². The lowest BCUT2D eigenvalue weighted by Gasteiger charge is -2.45. The van der Waals surface area contributed by atoms with E-state index in [1.807, 2.05) is 40.7 Å². The molecule has 1 amide bonds. The SMILES string of the molecule is C=CC(=O)N1[C@H](C)CN(c2c(C#N)c(=O)n(C3C(C(C)C)=NC=C[C@H]3C)c3nc(-c4c(F)c(N)c(F)c(F)c4F)c(Cl)cc23)C[C@@H]1C. The summed E-state index contributed by atoms with van der Waals surface area (Å²) in [4.78, 5) is 39.5. The zero-order valence-corrected chi connectivity index (χ0v) is 27.0. The Bertz CT molecular complexity index is 1960. The van der Waals surface area contributed by atoms with Crippen LogP contribution in [0.3, 0.4) is 0 Å². The largest absolute Gasteiger partial charge is 0.394 e. The molecule has 0 spiro atoms. The maximum absolute atomic E-state index is 15.4. The van der Waals surface area contributed by atoms with Crippen molar-refractivity contribution in [3.05, 3.63) is 75.2 Å². The molecule has 9 nitrogen and oxygen atoms in total. The summed E-state index contributed by atoms with van der Waals surface area (Å²) >= 11 is 6.62. The summed E-state index contributed by atoms with van der Waals surface area (Å²) in [5, 5.41) is 10.3. The van der Waals surface area contributed by atoms with E-state index >= 15 is 8.78 Å². The highest BCUT2D eigenvalue weighted by Crippen LogP contribution is 2.41. The van der Waals surface area contributed by atoms with Crippen LogP contribution in [0.25, 0.3) is 22.3 Å². The Labute approximate surface area is 273 Å². The zero-order valence-electron chi connectivity index (χ0n) is 26.3. The predicted octanol–water partition coefficient (Wildman–Crippen LogP) is 6.14. The number of nitrogens with two attached hydrogens (primary N) is 1. The number of anilines is 2. The Morgan fingerprint density at radius 3 is 2.34 bits per heavy atom. The Morgan fingerprint density at radius 2 is 1.77 bits per heavy atom. The molecule has 2 N–H and O–H groups in total. The quantitative estimate of drug-likeness (QED) is 0.115. The van der Waals surface area contributed by atoms with Crippen LogP contribution in [0.1, 0.15) is 46.2 Å². The van der Waals surface area contributed by atoms with Crippen LogP contribution in [-0.2, 0) is 4.79 Å². The first kappa shape index (κ1) is 33.7. The fourth-order valence-electron chi connectivity index (χ4n) is 6.63. The molecule has 0 bridgehead atoms. The maximum atomic E-state index is 15.4. The number of hydrogen-bond donors (Lipinski definition) is 1. The molecule has 2 aromatic heterocycles. The summed E-state index contributed by atoms with van der Waals surface area (Å²) in [5.41, 5.74) is 2.01. The standard InChI is InChI=1S/C33H32ClF4N7O2/c1-7-21(46)44-16(5)12-43(13-17(44)6)31-18-10-20(34)29(22-23(35)25(37)26(38)27(40)24(22)36)42-32(18)45(33(47)19(31)11-39)30-15(4)8-9-41-28(30)14(2)3/h7-10,14-17,30H,1,12-13,40H2,2-6H3/t15-,16-,17+,30?/m1/s1. The van der Waals surface area contributed by atoms with Crippen molar-refractivity contribution in [1.29, 1.82) is 5.26 Å². The number of carbonyl (C=O) groups excluding carboxylic acids is 1. The number of benzene rings is 1. The molecule has 1 unspecified atom stereocenters. The summed E-state index contributed by atoms with van der Waals surface area (Å²) < 4.78 is 60.6. The van der Waals surface area contributed by atoms with Crippen LogP contribution in [0.15, 0.2) is 40.8 Å². The second-order valence-electron chi connectivity index (χ2n) is 12.2. The zero-order chi connectivity index (χ0) is 34.6. The molecule has 4 atom stereocenters. The van der Waals surface area contributed by atoms with Gasteiger partial charge in [0.2, 0.25) is 5.91 Å². The van der Waals surface area contributed by atoms with E-state index in [1.165, 1.54) is 16.7 Å². The first-order valence-electron chi connectivity index (χ1n) is 14.9. The Kier molecular flexibility index (Phi) is 8.94. The van der Waals surface area contributed by atoms with Crippen molar-refractivity contribution in [2.24, 2.45) is 16.8 Å². The molecule has 2 aliphatic rings. The summed E-state index contributed by atoms with van der Waals surface area (Å²) in [5.74, 6) is -8.28. The van der Waals surface area contributed by atoms with E-state index in [0.29, 0.717) is 5.71 Å². The van der Waals surface area contributed by atoms with Crippen molar-refractivity contribution in [2.45, 2.75) is 52.7 Å². The van der Waals surface area contributed by atoms with Gasteiger partial charge in [-0.1, -0.05) is 45.0 Å². The van der Waals surface area contributed by atoms with E-state index in [2.05, 4.69) is 16.6 Å². The van der Waals surface area contributed by atoms with Crippen molar-refractivity contribution in [3.8, 4) is 17.3 Å². The molecule has 1 fully saturated rings. The Hall–Kier alpha value is -4.70. The van der Waals surface area contributed by atoms with Gasteiger partial charge >= 0.3 is 0 Å². The van der Waals surface area contributed by atoms with Gasteiger partial charge in [0, 0.05) is 48.4 Å². The van der Waals surface area contributed by atoms with Crippen LogP contribution in [0.4, 0.5) is 28.9 Å². The molecule has 1 saturated heterocycles. The first-order chi connectivity index (χ1) is 22.2. The normalized spacial score (nSPS) is 21.3. The number of fused-ring (bicyclic) bond motifs is 1. The third kappa shape index (κ3) is 5.34. The lowest BCUT2D eigenvalue weighted by Crippen LogP contribution is -2.58. The number of hydrogen-bond acceptors (Lipinski definition) is 7. The Morgan fingerprint density at radius 1 is 1.13 bits per heavy atom. The lowest BCUT2D eigenvalue weighted by molar-refractivity contribution is -0.130. The van der Waals surface area contributed by atoms with Crippen LogP contribution in [-0.4, -0.2) is 51.2 Å². The Balaban J connectivity index is 1.91. The number of amides is 1. The third-order valence-corrected chi connectivity index (χ3v) is 8.99. The highest BCUT2D eigenvalue weighted by Gasteiger charge is 2.38. The fraction of sp³-hybridized carbons (Fsp3) is 0.364. The third-order valence-electron chi connectivity index (χ3n) is 8.70. The van der Waals surface area contributed by atoms with Gasteiger partial charge in [-0.3, -0.25) is 19.1 Å². The second kappa shape index (κ2) is 12.5.